The van der Waals surface area contributed by atoms with Crippen molar-refractivity contribution in [2.45, 2.75) is 192 Å². The van der Waals surface area contributed by atoms with E-state index in [2.05, 4.69) is 44.5 Å². The molecule has 0 aromatic heterocycles. The summed E-state index contributed by atoms with van der Waals surface area (Å²) in [6.45, 7) is 13.8. The minimum absolute atomic E-state index is 0.0105. The summed E-state index contributed by atoms with van der Waals surface area (Å²) in [7, 11) is -0.950. The maximum absolute atomic E-state index is 14.0. The Balaban J connectivity index is 3.04. The summed E-state index contributed by atoms with van der Waals surface area (Å²) in [5, 5.41) is 3.14. The fraction of sp³-hybridized carbons (Fsp3) is 0.800. The van der Waals surface area contributed by atoms with E-state index in [9.17, 15) is 9.36 Å². The molecule has 0 radical (unpaired) electrons. The van der Waals surface area contributed by atoms with Gasteiger partial charge in [-0.15, -0.1) is 13.2 Å². The molecule has 0 aromatic carbocycles. The highest BCUT2D eigenvalue weighted by Gasteiger charge is 2.52. The van der Waals surface area contributed by atoms with Gasteiger partial charge < -0.3 is 29.0 Å². The first-order valence-electron chi connectivity index (χ1n) is 22.1. The Morgan fingerprint density at radius 2 is 1.37 bits per heavy atom. The van der Waals surface area contributed by atoms with Gasteiger partial charge in [0.15, 0.2) is 0 Å². The van der Waals surface area contributed by atoms with Crippen molar-refractivity contribution in [3.05, 3.63) is 49.8 Å². The molecule has 0 bridgehead atoms. The van der Waals surface area contributed by atoms with Gasteiger partial charge in [0, 0.05) is 27.2 Å². The smallest absolute Gasteiger partial charge is 0.471 e. The minimum Gasteiger partial charge on any atom is -0.471 e. The van der Waals surface area contributed by atoms with Gasteiger partial charge in [0.1, 0.15) is 24.4 Å². The van der Waals surface area contributed by atoms with Crippen LogP contribution >= 0.6 is 7.82 Å². The summed E-state index contributed by atoms with van der Waals surface area (Å²) in [6.07, 6.45) is 30.1. The van der Waals surface area contributed by atoms with Crippen molar-refractivity contribution in [1.82, 2.24) is 5.32 Å². The van der Waals surface area contributed by atoms with Crippen LogP contribution in [-0.2, 0) is 46.6 Å². The molecule has 0 unspecified atom stereocenters. The number of hydrogen-bond donors (Lipinski definition) is 1. The Morgan fingerprint density at radius 3 is 1.95 bits per heavy atom. The predicted octanol–water partition coefficient (Wildman–Crippen LogP) is 11.5. The Kier molecular flexibility index (Phi) is 33.7. The van der Waals surface area contributed by atoms with Crippen LogP contribution in [0.5, 0.6) is 0 Å². The quantitative estimate of drug-likeness (QED) is 0.0277. The predicted molar refractivity (Wildman–Crippen MR) is 231 cm³/mol. The van der Waals surface area contributed by atoms with Crippen molar-refractivity contribution in [2.75, 3.05) is 40.6 Å². The number of carbonyl (C=O) groups excluding carboxylic acids is 1. The van der Waals surface area contributed by atoms with Crippen molar-refractivity contribution in [2.24, 2.45) is 0 Å². The van der Waals surface area contributed by atoms with Crippen LogP contribution in [0.2, 0.25) is 0 Å². The van der Waals surface area contributed by atoms with E-state index in [1.54, 1.807) is 13.2 Å². The molecule has 0 saturated carbocycles. The first-order chi connectivity index (χ1) is 27.8. The molecule has 1 fully saturated rings. The Hall–Kier alpha value is -1.82. The molecule has 1 saturated heterocycles. The summed E-state index contributed by atoms with van der Waals surface area (Å²) in [5.74, 6) is -0.160. The van der Waals surface area contributed by atoms with Gasteiger partial charge in [0.05, 0.1) is 32.2 Å². The highest BCUT2D eigenvalue weighted by Crippen LogP contribution is 2.52. The van der Waals surface area contributed by atoms with Gasteiger partial charge in [-0.3, -0.25) is 18.4 Å². The number of allylic oxidation sites excluding steroid dienone is 3. The molecular formula is C45H82NO10P. The molecule has 1 amide bonds. The average Bonchev–Trinajstić information content (AvgIpc) is 3.21. The van der Waals surface area contributed by atoms with Crippen LogP contribution in [0.25, 0.3) is 0 Å². The molecule has 0 aromatic rings. The zero-order valence-corrected chi connectivity index (χ0v) is 37.4. The van der Waals surface area contributed by atoms with Crippen molar-refractivity contribution in [3.8, 4) is 0 Å². The van der Waals surface area contributed by atoms with Gasteiger partial charge in [-0.2, -0.15) is 0 Å². The Morgan fingerprint density at radius 1 is 0.789 bits per heavy atom. The van der Waals surface area contributed by atoms with Gasteiger partial charge in [-0.05, 0) is 51.9 Å². The van der Waals surface area contributed by atoms with Gasteiger partial charge in [0.2, 0.25) is 12.2 Å². The average molecular weight is 828 g/mol. The van der Waals surface area contributed by atoms with Crippen molar-refractivity contribution >= 4 is 13.7 Å². The van der Waals surface area contributed by atoms with Crippen molar-refractivity contribution in [1.29, 1.82) is 0 Å². The van der Waals surface area contributed by atoms with Gasteiger partial charge in [0.25, 0.3) is 0 Å². The molecule has 12 heteroatoms. The fourth-order valence-electron chi connectivity index (χ4n) is 6.79. The van der Waals surface area contributed by atoms with Crippen molar-refractivity contribution < 1.29 is 46.6 Å². The molecule has 1 aliphatic rings. The van der Waals surface area contributed by atoms with E-state index in [1.165, 1.54) is 96.2 Å². The zero-order valence-electron chi connectivity index (χ0n) is 36.5. The molecule has 0 spiro atoms. The second kappa shape index (κ2) is 36.1. The third-order valence-electron chi connectivity index (χ3n) is 9.98. The van der Waals surface area contributed by atoms with Gasteiger partial charge >= 0.3 is 7.82 Å². The highest BCUT2D eigenvalue weighted by molar-refractivity contribution is 7.48. The lowest BCUT2D eigenvalue weighted by Gasteiger charge is -2.46. The maximum atomic E-state index is 14.0. The standard InChI is InChI=1S/C45H82NO10P/c1-8-13-15-17-18-19-20-21-22-23-24-25-26-28-30-32-41(47)46-42-44(51-37-33-39(50-7)31-29-27-16-14-9-2)43(40(38-49-6)55-45(42)52-34-10-3)56-57(48,53-35-11-4)54-36-12-5/h10-12,19-20,34,39-40,42-45H,4-5,8-9,13-18,21-33,35-38H2,1-3,6-7H3,(H,46,47)/t39-,40-,42-,43-,44-,45-/m1/s1. The molecule has 11 nitrogen and oxygen atoms in total. The number of unbranched alkanes of at least 4 members (excludes halogenated alkanes) is 15. The summed E-state index contributed by atoms with van der Waals surface area (Å²) in [4.78, 5) is 13.6. The second-order valence-electron chi connectivity index (χ2n) is 14.9. The molecule has 1 N–H and O–H groups in total. The summed E-state index contributed by atoms with van der Waals surface area (Å²) < 4.78 is 61.8. The number of methoxy groups -OCH3 is 2. The minimum atomic E-state index is -4.20. The Bertz CT molecular complexity index is 1090. The van der Waals surface area contributed by atoms with E-state index >= 15 is 0 Å². The first-order valence-corrected chi connectivity index (χ1v) is 23.6. The van der Waals surface area contributed by atoms with E-state index < -0.39 is 38.5 Å². The summed E-state index contributed by atoms with van der Waals surface area (Å²) in [5.41, 5.74) is 0. The van der Waals surface area contributed by atoms with Crippen LogP contribution in [0.1, 0.15) is 156 Å². The lowest BCUT2D eigenvalue weighted by atomic mass is 9.96. The molecular weight excluding hydrogens is 745 g/mol. The monoisotopic (exact) mass is 828 g/mol. The number of phosphoric acid groups is 1. The number of carbonyl (C=O) groups is 1. The topological polar surface area (TPSA) is 120 Å². The Labute approximate surface area is 347 Å². The highest BCUT2D eigenvalue weighted by atomic mass is 31.2. The number of rotatable bonds is 39. The number of nitrogens with one attached hydrogen (secondary N) is 1. The van der Waals surface area contributed by atoms with E-state index in [0.717, 1.165) is 51.4 Å². The number of amides is 1. The fourth-order valence-corrected chi connectivity index (χ4v) is 8.12. The van der Waals surface area contributed by atoms with Crippen molar-refractivity contribution in [3.63, 3.8) is 0 Å². The van der Waals surface area contributed by atoms with Crippen LogP contribution in [-0.4, -0.2) is 83.3 Å². The van der Waals surface area contributed by atoms with Crippen LogP contribution in [0.4, 0.5) is 0 Å². The van der Waals surface area contributed by atoms with Crippen LogP contribution in [0, 0.1) is 0 Å². The first kappa shape index (κ1) is 53.2. The van der Waals surface area contributed by atoms with E-state index in [-0.39, 0.29) is 38.4 Å². The number of phosphoric ester groups is 1. The summed E-state index contributed by atoms with van der Waals surface area (Å²) in [6, 6.07) is -0.834. The SMILES string of the molecule is C=CCOP(=O)(OCC=C)O[C@H]1[C@H](OCC[C@@H](CCCCCCC)OC)[C@@H](NC(=O)CCCCCCCCCC=CCCCCCC)[C@H](OC=CC)O[C@@H]1COC. The van der Waals surface area contributed by atoms with E-state index in [4.69, 9.17) is 37.3 Å². The largest absolute Gasteiger partial charge is 0.475 e. The normalized spacial score (nSPS) is 20.6. The van der Waals surface area contributed by atoms with Crippen LogP contribution in [0.3, 0.4) is 0 Å². The number of hydrogen-bond acceptors (Lipinski definition) is 10. The molecule has 1 aliphatic heterocycles. The van der Waals surface area contributed by atoms with Gasteiger partial charge in [-0.25, -0.2) is 4.57 Å². The zero-order chi connectivity index (χ0) is 41.8. The molecule has 0 aliphatic carbocycles. The third-order valence-corrected chi connectivity index (χ3v) is 11.4. The third kappa shape index (κ3) is 25.4. The van der Waals surface area contributed by atoms with Gasteiger partial charge in [-0.1, -0.05) is 128 Å². The molecule has 57 heavy (non-hydrogen) atoms. The van der Waals surface area contributed by atoms with E-state index in [1.807, 2.05) is 6.92 Å². The lowest BCUT2D eigenvalue weighted by Crippen LogP contribution is -2.66. The molecule has 1 rings (SSSR count). The molecule has 332 valence electrons. The van der Waals surface area contributed by atoms with Crippen LogP contribution in [0.15, 0.2) is 49.8 Å². The van der Waals surface area contributed by atoms with E-state index in [0.29, 0.717) is 12.8 Å². The lowest BCUT2D eigenvalue weighted by molar-refractivity contribution is -0.262. The van der Waals surface area contributed by atoms with Crippen LogP contribution < -0.4 is 5.32 Å². The number of ether oxygens (including phenoxy) is 5. The molecule has 6 atom stereocenters. The summed E-state index contributed by atoms with van der Waals surface area (Å²) >= 11 is 0. The maximum Gasteiger partial charge on any atom is 0.475 e. The second-order valence-corrected chi connectivity index (χ2v) is 16.5. The molecule has 1 heterocycles.